The van der Waals surface area contributed by atoms with Gasteiger partial charge in [0.1, 0.15) is 5.75 Å². The summed E-state index contributed by atoms with van der Waals surface area (Å²) in [6.45, 7) is 5.14. The van der Waals surface area contributed by atoms with Crippen molar-refractivity contribution in [1.82, 2.24) is 0 Å². The lowest BCUT2D eigenvalue weighted by molar-refractivity contribution is 0.0682. The van der Waals surface area contributed by atoms with E-state index in [1.54, 1.807) is 12.1 Å². The first-order valence-corrected chi connectivity index (χ1v) is 5.67. The molecule has 0 bridgehead atoms. The van der Waals surface area contributed by atoms with Crippen molar-refractivity contribution in [2.75, 3.05) is 13.2 Å². The third-order valence-electron chi connectivity index (χ3n) is 2.09. The average molecular weight is 238 g/mol. The van der Waals surface area contributed by atoms with Gasteiger partial charge >= 0.3 is 5.97 Å². The van der Waals surface area contributed by atoms with E-state index in [9.17, 15) is 4.79 Å². The van der Waals surface area contributed by atoms with Crippen LogP contribution >= 0.6 is 0 Å². The fourth-order valence-electron chi connectivity index (χ4n) is 1.29. The van der Waals surface area contributed by atoms with Crippen molar-refractivity contribution in [3.63, 3.8) is 0 Å². The Morgan fingerprint density at radius 3 is 2.76 bits per heavy atom. The fraction of sp³-hybridized carbons (Fsp3) is 0.462. The predicted molar refractivity (Wildman–Crippen MR) is 64.6 cm³/mol. The second-order valence-electron chi connectivity index (χ2n) is 3.95. The van der Waals surface area contributed by atoms with Crippen molar-refractivity contribution < 1.29 is 19.4 Å². The molecular weight excluding hydrogens is 220 g/mol. The molecule has 94 valence electrons. The molecule has 0 amide bonds. The van der Waals surface area contributed by atoms with E-state index in [1.807, 2.05) is 13.8 Å². The summed E-state index contributed by atoms with van der Waals surface area (Å²) in [5.41, 5.74) is 0.237. The summed E-state index contributed by atoms with van der Waals surface area (Å²) in [5.74, 6) is -0.368. The first-order chi connectivity index (χ1) is 8.09. The van der Waals surface area contributed by atoms with Gasteiger partial charge in [-0.2, -0.15) is 0 Å². The van der Waals surface area contributed by atoms with E-state index in [0.29, 0.717) is 19.0 Å². The second-order valence-corrected chi connectivity index (χ2v) is 3.95. The van der Waals surface area contributed by atoms with Crippen LogP contribution in [0.25, 0.3) is 0 Å². The molecule has 0 aliphatic rings. The number of hydrogen-bond acceptors (Lipinski definition) is 3. The van der Waals surface area contributed by atoms with Crippen LogP contribution in [-0.2, 0) is 4.74 Å². The van der Waals surface area contributed by atoms with Crippen molar-refractivity contribution >= 4 is 5.97 Å². The van der Waals surface area contributed by atoms with Crippen LogP contribution in [0.5, 0.6) is 5.75 Å². The summed E-state index contributed by atoms with van der Waals surface area (Å²) in [4.78, 5) is 10.7. The van der Waals surface area contributed by atoms with Crippen LogP contribution in [0.3, 0.4) is 0 Å². The van der Waals surface area contributed by atoms with Crippen molar-refractivity contribution in [2.24, 2.45) is 0 Å². The maximum absolute atomic E-state index is 10.7. The first kappa shape index (κ1) is 13.5. The fourth-order valence-corrected chi connectivity index (χ4v) is 1.29. The molecule has 4 nitrogen and oxygen atoms in total. The smallest absolute Gasteiger partial charge is 0.335 e. The van der Waals surface area contributed by atoms with Gasteiger partial charge in [-0.1, -0.05) is 6.07 Å². The van der Waals surface area contributed by atoms with Crippen LogP contribution in [0.2, 0.25) is 0 Å². The molecule has 1 N–H and O–H groups in total. The second kappa shape index (κ2) is 6.91. The van der Waals surface area contributed by atoms with Gasteiger partial charge in [-0.15, -0.1) is 0 Å². The maximum atomic E-state index is 10.7. The molecule has 0 aliphatic carbocycles. The molecule has 1 rings (SSSR count). The quantitative estimate of drug-likeness (QED) is 0.742. The van der Waals surface area contributed by atoms with Crippen molar-refractivity contribution in [3.8, 4) is 5.75 Å². The number of hydrogen-bond donors (Lipinski definition) is 1. The van der Waals surface area contributed by atoms with Gasteiger partial charge < -0.3 is 14.6 Å². The number of carboxylic acid groups (broad SMARTS) is 1. The van der Waals surface area contributed by atoms with E-state index < -0.39 is 5.97 Å². The molecule has 0 saturated heterocycles. The van der Waals surface area contributed by atoms with Gasteiger partial charge in [0.15, 0.2) is 0 Å². The van der Waals surface area contributed by atoms with E-state index in [1.165, 1.54) is 12.1 Å². The van der Waals surface area contributed by atoms with Crippen LogP contribution in [0.4, 0.5) is 0 Å². The Bertz CT molecular complexity index is 360. The van der Waals surface area contributed by atoms with E-state index in [-0.39, 0.29) is 11.7 Å². The van der Waals surface area contributed by atoms with Crippen molar-refractivity contribution in [2.45, 2.75) is 26.4 Å². The molecule has 0 fully saturated rings. The molecule has 1 aromatic rings. The standard InChI is InChI=1S/C13H18O4/c1-10(2)16-7-4-8-17-12-6-3-5-11(9-12)13(14)15/h3,5-6,9-10H,4,7-8H2,1-2H3,(H,14,15). The van der Waals surface area contributed by atoms with Gasteiger partial charge in [0, 0.05) is 6.42 Å². The summed E-state index contributed by atoms with van der Waals surface area (Å²) in [5, 5.41) is 8.80. The highest BCUT2D eigenvalue weighted by molar-refractivity contribution is 5.87. The van der Waals surface area contributed by atoms with E-state index >= 15 is 0 Å². The van der Waals surface area contributed by atoms with Gasteiger partial charge in [-0.05, 0) is 32.0 Å². The topological polar surface area (TPSA) is 55.8 Å². The Kier molecular flexibility index (Phi) is 5.49. The van der Waals surface area contributed by atoms with E-state index in [0.717, 1.165) is 6.42 Å². The summed E-state index contributed by atoms with van der Waals surface area (Å²) in [7, 11) is 0. The monoisotopic (exact) mass is 238 g/mol. The molecule has 0 radical (unpaired) electrons. The Hall–Kier alpha value is -1.55. The molecule has 0 atom stereocenters. The lowest BCUT2D eigenvalue weighted by Gasteiger charge is -2.09. The minimum Gasteiger partial charge on any atom is -0.493 e. The highest BCUT2D eigenvalue weighted by atomic mass is 16.5. The molecule has 0 heterocycles. The normalized spacial score (nSPS) is 10.5. The van der Waals surface area contributed by atoms with E-state index in [4.69, 9.17) is 14.6 Å². The van der Waals surface area contributed by atoms with Crippen molar-refractivity contribution in [3.05, 3.63) is 29.8 Å². The molecule has 0 unspecified atom stereocenters. The summed E-state index contributed by atoms with van der Waals surface area (Å²) < 4.78 is 10.8. The zero-order valence-corrected chi connectivity index (χ0v) is 10.2. The number of rotatable bonds is 7. The van der Waals surface area contributed by atoms with Crippen LogP contribution in [0.15, 0.2) is 24.3 Å². The highest BCUT2D eigenvalue weighted by Crippen LogP contribution is 2.13. The Balaban J connectivity index is 2.31. The molecule has 0 aliphatic heterocycles. The number of carbonyl (C=O) groups is 1. The molecule has 17 heavy (non-hydrogen) atoms. The van der Waals surface area contributed by atoms with Crippen LogP contribution in [0.1, 0.15) is 30.6 Å². The van der Waals surface area contributed by atoms with Crippen molar-refractivity contribution in [1.29, 1.82) is 0 Å². The van der Waals surface area contributed by atoms with Gasteiger partial charge in [0.2, 0.25) is 0 Å². The van der Waals surface area contributed by atoms with Gasteiger partial charge in [0.25, 0.3) is 0 Å². The first-order valence-electron chi connectivity index (χ1n) is 5.67. The molecule has 0 spiro atoms. The third kappa shape index (κ3) is 5.36. The molecule has 4 heteroatoms. The zero-order valence-electron chi connectivity index (χ0n) is 10.2. The minimum atomic E-state index is -0.946. The van der Waals surface area contributed by atoms with Crippen LogP contribution in [0, 0.1) is 0 Å². The number of ether oxygens (including phenoxy) is 2. The largest absolute Gasteiger partial charge is 0.493 e. The maximum Gasteiger partial charge on any atom is 0.335 e. The minimum absolute atomic E-state index is 0.227. The zero-order chi connectivity index (χ0) is 12.7. The van der Waals surface area contributed by atoms with Gasteiger partial charge in [0.05, 0.1) is 24.9 Å². The Morgan fingerprint density at radius 2 is 2.12 bits per heavy atom. The van der Waals surface area contributed by atoms with Gasteiger partial charge in [-0.25, -0.2) is 4.79 Å². The lowest BCUT2D eigenvalue weighted by atomic mass is 10.2. The van der Waals surface area contributed by atoms with E-state index in [2.05, 4.69) is 0 Å². The lowest BCUT2D eigenvalue weighted by Crippen LogP contribution is -2.08. The number of carboxylic acids is 1. The predicted octanol–water partition coefficient (Wildman–Crippen LogP) is 2.58. The van der Waals surface area contributed by atoms with Crippen LogP contribution < -0.4 is 4.74 Å². The highest BCUT2D eigenvalue weighted by Gasteiger charge is 2.03. The summed E-state index contributed by atoms with van der Waals surface area (Å²) in [6, 6.07) is 6.47. The number of aromatic carboxylic acids is 1. The molecule has 0 saturated carbocycles. The SMILES string of the molecule is CC(C)OCCCOc1cccc(C(=O)O)c1. The molecule has 1 aromatic carbocycles. The van der Waals surface area contributed by atoms with Gasteiger partial charge in [-0.3, -0.25) is 0 Å². The average Bonchev–Trinajstić information content (AvgIpc) is 2.28. The summed E-state index contributed by atoms with van der Waals surface area (Å²) >= 11 is 0. The molecular formula is C13H18O4. The Morgan fingerprint density at radius 1 is 1.35 bits per heavy atom. The van der Waals surface area contributed by atoms with Crippen LogP contribution in [-0.4, -0.2) is 30.4 Å². The third-order valence-corrected chi connectivity index (χ3v) is 2.09. The molecule has 0 aromatic heterocycles. The Labute approximate surface area is 101 Å². The number of benzene rings is 1. The summed E-state index contributed by atoms with van der Waals surface area (Å²) in [6.07, 6.45) is 1.01.